The summed E-state index contributed by atoms with van der Waals surface area (Å²) in [5.74, 6) is 0. The normalized spacial score (nSPS) is 17.8. The van der Waals surface area contributed by atoms with E-state index in [-0.39, 0.29) is 12.0 Å². The first-order chi connectivity index (χ1) is 13.5. The SMILES string of the molecule is O=S(=O)(/C=C/c1ccccc1)N1CCC(CO)(CCCc2ccccc2)CC1. The molecule has 0 saturated carbocycles. The molecule has 1 heterocycles. The number of piperidine rings is 1. The molecular weight excluding hydrogens is 370 g/mol. The summed E-state index contributed by atoms with van der Waals surface area (Å²) >= 11 is 0. The van der Waals surface area contributed by atoms with Crippen LogP contribution in [-0.4, -0.2) is 37.5 Å². The van der Waals surface area contributed by atoms with Gasteiger partial charge < -0.3 is 5.11 Å². The van der Waals surface area contributed by atoms with Crippen LogP contribution in [0.4, 0.5) is 0 Å². The number of nitrogens with zero attached hydrogens (tertiary/aromatic N) is 1. The minimum Gasteiger partial charge on any atom is -0.396 e. The van der Waals surface area contributed by atoms with E-state index in [0.717, 1.165) is 24.8 Å². The molecule has 0 bridgehead atoms. The molecule has 150 valence electrons. The highest BCUT2D eigenvalue weighted by Crippen LogP contribution is 2.37. The van der Waals surface area contributed by atoms with Crippen molar-refractivity contribution in [3.63, 3.8) is 0 Å². The van der Waals surface area contributed by atoms with Gasteiger partial charge in [-0.3, -0.25) is 0 Å². The van der Waals surface area contributed by atoms with E-state index in [9.17, 15) is 13.5 Å². The Labute approximate surface area is 168 Å². The van der Waals surface area contributed by atoms with Gasteiger partial charge in [-0.05, 0) is 54.7 Å². The molecule has 1 aliphatic rings. The van der Waals surface area contributed by atoms with Crippen LogP contribution < -0.4 is 0 Å². The molecule has 4 nitrogen and oxygen atoms in total. The Kier molecular flexibility index (Phi) is 7.05. The number of aliphatic hydroxyl groups is 1. The molecule has 1 saturated heterocycles. The molecule has 0 unspecified atom stereocenters. The summed E-state index contributed by atoms with van der Waals surface area (Å²) < 4.78 is 26.8. The fourth-order valence-corrected chi connectivity index (χ4v) is 5.02. The van der Waals surface area contributed by atoms with Crippen molar-refractivity contribution < 1.29 is 13.5 Å². The molecule has 0 aromatic heterocycles. The van der Waals surface area contributed by atoms with Crippen LogP contribution in [0.25, 0.3) is 6.08 Å². The van der Waals surface area contributed by atoms with Gasteiger partial charge in [-0.1, -0.05) is 60.7 Å². The third-order valence-corrected chi connectivity index (χ3v) is 7.29. The van der Waals surface area contributed by atoms with Gasteiger partial charge in [-0.15, -0.1) is 0 Å². The summed E-state index contributed by atoms with van der Waals surface area (Å²) in [4.78, 5) is 0. The number of sulfonamides is 1. The van der Waals surface area contributed by atoms with Gasteiger partial charge in [0.05, 0.1) is 0 Å². The summed E-state index contributed by atoms with van der Waals surface area (Å²) in [6.07, 6.45) is 5.97. The van der Waals surface area contributed by atoms with Gasteiger partial charge in [-0.25, -0.2) is 8.42 Å². The van der Waals surface area contributed by atoms with Gasteiger partial charge in [0.25, 0.3) is 0 Å². The fourth-order valence-electron chi connectivity index (χ4n) is 3.83. The Morgan fingerprint density at radius 1 is 0.964 bits per heavy atom. The quantitative estimate of drug-likeness (QED) is 0.727. The fraction of sp³-hybridized carbons (Fsp3) is 0.391. The monoisotopic (exact) mass is 399 g/mol. The molecule has 0 aliphatic carbocycles. The smallest absolute Gasteiger partial charge is 0.236 e. The maximum atomic E-state index is 12.6. The van der Waals surface area contributed by atoms with Crippen molar-refractivity contribution in [1.82, 2.24) is 4.31 Å². The lowest BCUT2D eigenvalue weighted by molar-refractivity contribution is 0.0587. The second kappa shape index (κ2) is 9.50. The molecule has 1 aliphatic heterocycles. The molecule has 2 aromatic rings. The van der Waals surface area contributed by atoms with Gasteiger partial charge in [0, 0.05) is 25.1 Å². The van der Waals surface area contributed by atoms with E-state index < -0.39 is 10.0 Å². The third kappa shape index (κ3) is 5.53. The molecule has 3 rings (SSSR count). The van der Waals surface area contributed by atoms with Crippen LogP contribution >= 0.6 is 0 Å². The zero-order valence-electron chi connectivity index (χ0n) is 16.2. The first kappa shape index (κ1) is 20.8. The van der Waals surface area contributed by atoms with Gasteiger partial charge >= 0.3 is 0 Å². The van der Waals surface area contributed by atoms with Crippen LogP contribution in [-0.2, 0) is 16.4 Å². The van der Waals surface area contributed by atoms with E-state index in [1.807, 2.05) is 48.5 Å². The largest absolute Gasteiger partial charge is 0.396 e. The van der Waals surface area contributed by atoms with Gasteiger partial charge in [0.15, 0.2) is 0 Å². The van der Waals surface area contributed by atoms with Gasteiger partial charge in [0.1, 0.15) is 0 Å². The van der Waals surface area contributed by atoms with E-state index in [2.05, 4.69) is 12.1 Å². The summed E-state index contributed by atoms with van der Waals surface area (Å²) in [6, 6.07) is 19.8. The highest BCUT2D eigenvalue weighted by atomic mass is 32.2. The lowest BCUT2D eigenvalue weighted by Crippen LogP contribution is -2.44. The Morgan fingerprint density at radius 3 is 2.18 bits per heavy atom. The van der Waals surface area contributed by atoms with E-state index in [0.29, 0.717) is 25.9 Å². The van der Waals surface area contributed by atoms with Gasteiger partial charge in [0.2, 0.25) is 10.0 Å². The van der Waals surface area contributed by atoms with Crippen molar-refractivity contribution >= 4 is 16.1 Å². The highest BCUT2D eigenvalue weighted by Gasteiger charge is 2.36. The van der Waals surface area contributed by atoms with Crippen molar-refractivity contribution in [1.29, 1.82) is 0 Å². The lowest BCUT2D eigenvalue weighted by atomic mass is 9.75. The van der Waals surface area contributed by atoms with Crippen molar-refractivity contribution in [3.05, 3.63) is 77.2 Å². The second-order valence-corrected chi connectivity index (χ2v) is 9.47. The molecule has 0 radical (unpaired) electrons. The maximum absolute atomic E-state index is 12.6. The maximum Gasteiger partial charge on any atom is 0.236 e. The Morgan fingerprint density at radius 2 is 1.57 bits per heavy atom. The minimum atomic E-state index is -3.43. The van der Waals surface area contributed by atoms with Crippen LogP contribution in [0.3, 0.4) is 0 Å². The second-order valence-electron chi connectivity index (χ2n) is 7.65. The van der Waals surface area contributed by atoms with Crippen molar-refractivity contribution in [2.75, 3.05) is 19.7 Å². The molecule has 0 amide bonds. The Hall–Kier alpha value is -1.95. The average Bonchev–Trinajstić information content (AvgIpc) is 2.74. The zero-order chi connectivity index (χ0) is 19.9. The van der Waals surface area contributed by atoms with E-state index in [1.54, 1.807) is 6.08 Å². The minimum absolute atomic E-state index is 0.121. The highest BCUT2D eigenvalue weighted by molar-refractivity contribution is 7.92. The first-order valence-corrected chi connectivity index (χ1v) is 11.4. The van der Waals surface area contributed by atoms with Gasteiger partial charge in [-0.2, -0.15) is 4.31 Å². The van der Waals surface area contributed by atoms with E-state index >= 15 is 0 Å². The van der Waals surface area contributed by atoms with Crippen molar-refractivity contribution in [2.45, 2.75) is 32.1 Å². The predicted molar refractivity (Wildman–Crippen MR) is 114 cm³/mol. The molecule has 5 heteroatoms. The summed E-state index contributed by atoms with van der Waals surface area (Å²) in [5, 5.41) is 11.3. The number of aliphatic hydroxyl groups excluding tert-OH is 1. The van der Waals surface area contributed by atoms with Crippen LogP contribution in [0.15, 0.2) is 66.1 Å². The third-order valence-electron chi connectivity index (χ3n) is 5.73. The molecule has 0 spiro atoms. The van der Waals surface area contributed by atoms with E-state index in [1.165, 1.54) is 15.3 Å². The summed E-state index contributed by atoms with van der Waals surface area (Å²) in [5.41, 5.74) is 2.01. The Bertz CT molecular complexity index is 855. The van der Waals surface area contributed by atoms with Crippen molar-refractivity contribution in [3.8, 4) is 0 Å². The summed E-state index contributed by atoms with van der Waals surface area (Å²) in [6.45, 7) is 1.05. The van der Waals surface area contributed by atoms with Crippen LogP contribution in [0.5, 0.6) is 0 Å². The predicted octanol–water partition coefficient (Wildman–Crippen LogP) is 4.08. The molecule has 2 aromatic carbocycles. The average molecular weight is 400 g/mol. The number of benzene rings is 2. The summed E-state index contributed by atoms with van der Waals surface area (Å²) in [7, 11) is -3.43. The number of aryl methyl sites for hydroxylation is 1. The first-order valence-electron chi connectivity index (χ1n) is 9.91. The standard InChI is InChI=1S/C23H29NO3S/c25-20-23(14-7-12-21-8-3-1-4-9-21)15-17-24(18-16-23)28(26,27)19-13-22-10-5-2-6-11-22/h1-6,8-11,13,19,25H,7,12,14-18,20H2/b19-13+. The number of rotatable bonds is 8. The molecule has 1 N–H and O–H groups in total. The number of hydrogen-bond acceptors (Lipinski definition) is 3. The molecular formula is C23H29NO3S. The molecule has 1 fully saturated rings. The number of hydrogen-bond donors (Lipinski definition) is 1. The topological polar surface area (TPSA) is 57.6 Å². The van der Waals surface area contributed by atoms with Crippen LogP contribution in [0.2, 0.25) is 0 Å². The van der Waals surface area contributed by atoms with Crippen LogP contribution in [0, 0.1) is 5.41 Å². The molecule has 0 atom stereocenters. The zero-order valence-corrected chi connectivity index (χ0v) is 17.0. The molecule has 28 heavy (non-hydrogen) atoms. The van der Waals surface area contributed by atoms with Crippen LogP contribution in [0.1, 0.15) is 36.8 Å². The Balaban J connectivity index is 1.54. The van der Waals surface area contributed by atoms with Crippen molar-refractivity contribution in [2.24, 2.45) is 5.41 Å². The van der Waals surface area contributed by atoms with E-state index in [4.69, 9.17) is 0 Å². The lowest BCUT2D eigenvalue weighted by Gasteiger charge is -2.40.